The predicted molar refractivity (Wildman–Crippen MR) is 81.1 cm³/mol. The highest BCUT2D eigenvalue weighted by molar-refractivity contribution is 9.10. The molecule has 2 aromatic rings. The number of amides is 1. The Bertz CT molecular complexity index is 628. The van der Waals surface area contributed by atoms with Crippen molar-refractivity contribution in [2.45, 2.75) is 13.0 Å². The molecule has 3 N–H and O–H groups in total. The lowest BCUT2D eigenvalue weighted by Crippen LogP contribution is -2.14. The van der Waals surface area contributed by atoms with Crippen LogP contribution in [0.1, 0.15) is 28.9 Å². The van der Waals surface area contributed by atoms with E-state index in [1.54, 1.807) is 6.07 Å². The van der Waals surface area contributed by atoms with Crippen molar-refractivity contribution in [1.29, 1.82) is 0 Å². The van der Waals surface area contributed by atoms with Gasteiger partial charge in [-0.3, -0.25) is 4.79 Å². The van der Waals surface area contributed by atoms with E-state index < -0.39 is 11.7 Å². The first-order valence-corrected chi connectivity index (χ1v) is 6.88. The van der Waals surface area contributed by atoms with Crippen LogP contribution < -0.4 is 11.1 Å². The molecule has 1 atom stereocenters. The molecular formula is C15H14BrFN2O. The first-order valence-electron chi connectivity index (χ1n) is 6.08. The molecule has 0 radical (unpaired) electrons. The van der Waals surface area contributed by atoms with E-state index in [2.05, 4.69) is 21.2 Å². The third-order valence-corrected chi connectivity index (χ3v) is 3.51. The predicted octanol–water partition coefficient (Wildman–Crippen LogP) is 3.86. The van der Waals surface area contributed by atoms with Crippen LogP contribution in [0.15, 0.2) is 46.9 Å². The SMILES string of the molecule is CC(Nc1ccc(F)c(C(N)=O)c1)c1ccc(Br)cc1. The summed E-state index contributed by atoms with van der Waals surface area (Å²) in [4.78, 5) is 11.1. The number of carbonyl (C=O) groups is 1. The number of hydrogen-bond acceptors (Lipinski definition) is 2. The number of hydrogen-bond donors (Lipinski definition) is 2. The fourth-order valence-electron chi connectivity index (χ4n) is 1.89. The van der Waals surface area contributed by atoms with Gasteiger partial charge in [0.05, 0.1) is 5.56 Å². The summed E-state index contributed by atoms with van der Waals surface area (Å²) < 4.78 is 14.4. The zero-order chi connectivity index (χ0) is 14.7. The van der Waals surface area contributed by atoms with Gasteiger partial charge in [0, 0.05) is 16.2 Å². The Kier molecular flexibility index (Phi) is 4.39. The summed E-state index contributed by atoms with van der Waals surface area (Å²) in [5.41, 5.74) is 6.75. The van der Waals surface area contributed by atoms with E-state index >= 15 is 0 Å². The molecule has 0 aliphatic heterocycles. The molecule has 1 amide bonds. The van der Waals surface area contributed by atoms with Crippen LogP contribution >= 0.6 is 15.9 Å². The maximum Gasteiger partial charge on any atom is 0.251 e. The van der Waals surface area contributed by atoms with Crippen molar-refractivity contribution in [3.8, 4) is 0 Å². The summed E-state index contributed by atoms with van der Waals surface area (Å²) in [7, 11) is 0. The number of anilines is 1. The van der Waals surface area contributed by atoms with E-state index in [0.29, 0.717) is 5.69 Å². The van der Waals surface area contributed by atoms with Crippen LogP contribution in [0.25, 0.3) is 0 Å². The first kappa shape index (κ1) is 14.5. The van der Waals surface area contributed by atoms with E-state index in [0.717, 1.165) is 10.0 Å². The van der Waals surface area contributed by atoms with Gasteiger partial charge in [-0.1, -0.05) is 28.1 Å². The lowest BCUT2D eigenvalue weighted by Gasteiger charge is -2.16. The van der Waals surface area contributed by atoms with E-state index in [4.69, 9.17) is 5.73 Å². The molecule has 20 heavy (non-hydrogen) atoms. The van der Waals surface area contributed by atoms with Crippen molar-refractivity contribution >= 4 is 27.5 Å². The second-order valence-electron chi connectivity index (χ2n) is 4.48. The van der Waals surface area contributed by atoms with Crippen LogP contribution in [0.4, 0.5) is 10.1 Å². The van der Waals surface area contributed by atoms with Gasteiger partial charge in [-0.2, -0.15) is 0 Å². The standard InChI is InChI=1S/C15H14BrFN2O/c1-9(10-2-4-11(16)5-3-10)19-12-6-7-14(17)13(8-12)15(18)20/h2-9,19H,1H3,(H2,18,20). The molecule has 3 nitrogen and oxygen atoms in total. The van der Waals surface area contributed by atoms with Gasteiger partial charge < -0.3 is 11.1 Å². The Morgan fingerprint density at radius 2 is 1.90 bits per heavy atom. The van der Waals surface area contributed by atoms with Crippen molar-refractivity contribution < 1.29 is 9.18 Å². The number of benzene rings is 2. The Morgan fingerprint density at radius 3 is 2.50 bits per heavy atom. The minimum atomic E-state index is -0.776. The minimum absolute atomic E-state index is 0.0225. The molecule has 0 aliphatic carbocycles. The van der Waals surface area contributed by atoms with Crippen molar-refractivity contribution in [1.82, 2.24) is 0 Å². The molecule has 5 heteroatoms. The molecule has 0 fully saturated rings. The molecular weight excluding hydrogens is 323 g/mol. The fraction of sp³-hybridized carbons (Fsp3) is 0.133. The van der Waals surface area contributed by atoms with E-state index in [9.17, 15) is 9.18 Å². The van der Waals surface area contributed by atoms with Gasteiger partial charge in [0.25, 0.3) is 5.91 Å². The van der Waals surface area contributed by atoms with Gasteiger partial charge in [-0.15, -0.1) is 0 Å². The third kappa shape index (κ3) is 3.36. The van der Waals surface area contributed by atoms with Crippen molar-refractivity contribution in [3.05, 3.63) is 63.9 Å². The van der Waals surface area contributed by atoms with Gasteiger partial charge in [-0.25, -0.2) is 4.39 Å². The van der Waals surface area contributed by atoms with Gasteiger partial charge in [0.15, 0.2) is 0 Å². The van der Waals surface area contributed by atoms with Crippen LogP contribution in [-0.2, 0) is 0 Å². The van der Waals surface area contributed by atoms with Crippen molar-refractivity contribution in [2.24, 2.45) is 5.73 Å². The summed E-state index contributed by atoms with van der Waals surface area (Å²) in [6, 6.07) is 12.1. The lowest BCUT2D eigenvalue weighted by atomic mass is 10.1. The van der Waals surface area contributed by atoms with E-state index in [1.165, 1.54) is 12.1 Å². The minimum Gasteiger partial charge on any atom is -0.378 e. The normalized spacial score (nSPS) is 11.9. The fourth-order valence-corrected chi connectivity index (χ4v) is 2.15. The molecule has 104 valence electrons. The highest BCUT2D eigenvalue weighted by Crippen LogP contribution is 2.22. The highest BCUT2D eigenvalue weighted by Gasteiger charge is 2.11. The molecule has 2 rings (SSSR count). The van der Waals surface area contributed by atoms with Crippen LogP contribution in [-0.4, -0.2) is 5.91 Å². The molecule has 0 spiro atoms. The third-order valence-electron chi connectivity index (χ3n) is 2.98. The molecule has 0 heterocycles. The summed E-state index contributed by atoms with van der Waals surface area (Å²) in [5, 5.41) is 3.21. The molecule has 2 aromatic carbocycles. The topological polar surface area (TPSA) is 55.1 Å². The maximum absolute atomic E-state index is 13.4. The van der Waals surface area contributed by atoms with Crippen molar-refractivity contribution in [2.75, 3.05) is 5.32 Å². The largest absolute Gasteiger partial charge is 0.378 e. The number of carbonyl (C=O) groups excluding carboxylic acids is 1. The number of nitrogens with one attached hydrogen (secondary N) is 1. The summed E-state index contributed by atoms with van der Waals surface area (Å²) in [6.45, 7) is 1.98. The van der Waals surface area contributed by atoms with Gasteiger partial charge in [0.2, 0.25) is 0 Å². The maximum atomic E-state index is 13.4. The van der Waals surface area contributed by atoms with Gasteiger partial charge >= 0.3 is 0 Å². The average Bonchev–Trinajstić information content (AvgIpc) is 2.41. The quantitative estimate of drug-likeness (QED) is 0.890. The summed E-state index contributed by atoms with van der Waals surface area (Å²) in [5.74, 6) is -1.39. The van der Waals surface area contributed by atoms with Gasteiger partial charge in [0.1, 0.15) is 5.82 Å². The Balaban J connectivity index is 2.19. The molecule has 0 aliphatic rings. The zero-order valence-corrected chi connectivity index (χ0v) is 12.4. The van der Waals surface area contributed by atoms with Crippen LogP contribution in [0, 0.1) is 5.82 Å². The Morgan fingerprint density at radius 1 is 1.25 bits per heavy atom. The molecule has 0 saturated carbocycles. The summed E-state index contributed by atoms with van der Waals surface area (Å²) in [6.07, 6.45) is 0. The monoisotopic (exact) mass is 336 g/mol. The number of primary amides is 1. The van der Waals surface area contributed by atoms with Gasteiger partial charge in [-0.05, 0) is 42.8 Å². The van der Waals surface area contributed by atoms with Crippen LogP contribution in [0.3, 0.4) is 0 Å². The molecule has 0 bridgehead atoms. The molecule has 1 unspecified atom stereocenters. The smallest absolute Gasteiger partial charge is 0.251 e. The van der Waals surface area contributed by atoms with Crippen LogP contribution in [0.5, 0.6) is 0 Å². The van der Waals surface area contributed by atoms with Crippen LogP contribution in [0.2, 0.25) is 0 Å². The second kappa shape index (κ2) is 6.05. The van der Waals surface area contributed by atoms with Crippen molar-refractivity contribution in [3.63, 3.8) is 0 Å². The van der Waals surface area contributed by atoms with E-state index in [-0.39, 0.29) is 11.6 Å². The average molecular weight is 337 g/mol. The second-order valence-corrected chi connectivity index (χ2v) is 5.39. The zero-order valence-electron chi connectivity index (χ0n) is 10.9. The first-order chi connectivity index (χ1) is 9.47. The molecule has 0 aromatic heterocycles. The number of halogens is 2. The highest BCUT2D eigenvalue weighted by atomic mass is 79.9. The Hall–Kier alpha value is -1.88. The Labute approximate surface area is 125 Å². The summed E-state index contributed by atoms with van der Waals surface area (Å²) >= 11 is 3.38. The number of nitrogens with two attached hydrogens (primary N) is 1. The molecule has 0 saturated heterocycles. The number of rotatable bonds is 4. The van der Waals surface area contributed by atoms with E-state index in [1.807, 2.05) is 31.2 Å². The lowest BCUT2D eigenvalue weighted by molar-refractivity contribution is 0.0996.